The van der Waals surface area contributed by atoms with Crippen molar-refractivity contribution in [2.75, 3.05) is 0 Å². The zero-order valence-corrected chi connectivity index (χ0v) is 8.39. The van der Waals surface area contributed by atoms with Crippen molar-refractivity contribution in [2.45, 2.75) is 0 Å². The molecule has 0 aliphatic rings. The molecule has 11 heavy (non-hydrogen) atoms. The third-order valence-corrected chi connectivity index (χ3v) is 2.13. The second-order valence-electron chi connectivity index (χ2n) is 1.92. The van der Waals surface area contributed by atoms with Gasteiger partial charge in [0.2, 0.25) is 0 Å². The van der Waals surface area contributed by atoms with E-state index in [9.17, 15) is 0 Å². The Morgan fingerprint density at radius 2 is 2.09 bits per heavy atom. The largest absolute Gasteiger partial charge is 0.460 e. The van der Waals surface area contributed by atoms with Gasteiger partial charge in [-0.1, -0.05) is 0 Å². The molecule has 0 aliphatic heterocycles. The summed E-state index contributed by atoms with van der Waals surface area (Å²) < 4.78 is 6.33. The van der Waals surface area contributed by atoms with Gasteiger partial charge in [-0.15, -0.1) is 0 Å². The highest BCUT2D eigenvalue weighted by Gasteiger charge is 2.05. The fourth-order valence-electron chi connectivity index (χ4n) is 0.801. The van der Waals surface area contributed by atoms with Crippen LogP contribution in [0, 0.1) is 0 Å². The molecule has 0 spiro atoms. The van der Waals surface area contributed by atoms with Gasteiger partial charge < -0.3 is 4.42 Å². The predicted octanol–water partition coefficient (Wildman–Crippen LogP) is 2.75. The van der Waals surface area contributed by atoms with Crippen molar-refractivity contribution in [2.24, 2.45) is 0 Å². The lowest BCUT2D eigenvalue weighted by Gasteiger charge is -1.91. The maximum atomic E-state index is 5.11. The average Bonchev–Trinajstić information content (AvgIpc) is 2.34. The molecule has 0 bridgehead atoms. The molecule has 2 rings (SSSR count). The van der Waals surface area contributed by atoms with Crippen LogP contribution in [-0.2, 0) is 0 Å². The van der Waals surface area contributed by atoms with Crippen LogP contribution in [0.3, 0.4) is 0 Å². The fourth-order valence-corrected chi connectivity index (χ4v) is 1.87. The van der Waals surface area contributed by atoms with Gasteiger partial charge in [0.25, 0.3) is 0 Å². The van der Waals surface area contributed by atoms with E-state index in [1.165, 1.54) is 0 Å². The van der Waals surface area contributed by atoms with Crippen molar-refractivity contribution < 1.29 is 4.42 Å². The lowest BCUT2D eigenvalue weighted by atomic mass is 10.5. The predicted molar refractivity (Wildman–Crippen MR) is 47.2 cm³/mol. The molecule has 0 amide bonds. The third kappa shape index (κ3) is 1.18. The minimum absolute atomic E-state index is 0.554. The van der Waals surface area contributed by atoms with Gasteiger partial charge in [-0.2, -0.15) is 0 Å². The van der Waals surface area contributed by atoms with E-state index < -0.39 is 0 Å². The van der Waals surface area contributed by atoms with Gasteiger partial charge in [0.1, 0.15) is 5.52 Å². The summed E-state index contributed by atoms with van der Waals surface area (Å²) >= 11 is 6.43. The minimum atomic E-state index is 0.554. The lowest BCUT2D eigenvalue weighted by Crippen LogP contribution is -1.82. The molecule has 2 aromatic heterocycles. The number of hydrogen-bond donors (Lipinski definition) is 0. The Kier molecular flexibility index (Phi) is 1.69. The molecular formula is C6H2Br2N2O. The summed E-state index contributed by atoms with van der Waals surface area (Å²) in [7, 11) is 0. The smallest absolute Gasteiger partial charge is 0.198 e. The molecule has 0 aromatic carbocycles. The molecule has 5 heteroatoms. The van der Waals surface area contributed by atoms with E-state index in [0.717, 1.165) is 5.52 Å². The highest BCUT2D eigenvalue weighted by Crippen LogP contribution is 2.22. The van der Waals surface area contributed by atoms with E-state index in [2.05, 4.69) is 41.8 Å². The van der Waals surface area contributed by atoms with Crippen LogP contribution in [0.5, 0.6) is 0 Å². The van der Waals surface area contributed by atoms with E-state index in [0.29, 0.717) is 14.9 Å². The summed E-state index contributed by atoms with van der Waals surface area (Å²) in [5.74, 6) is 0. The van der Waals surface area contributed by atoms with Crippen LogP contribution >= 0.6 is 31.9 Å². The van der Waals surface area contributed by atoms with Crippen molar-refractivity contribution in [1.82, 2.24) is 9.97 Å². The molecular weight excluding hydrogens is 276 g/mol. The monoisotopic (exact) mass is 276 g/mol. The highest BCUT2D eigenvalue weighted by molar-refractivity contribution is 9.11. The fraction of sp³-hybridized carbons (Fsp3) is 0. The topological polar surface area (TPSA) is 38.9 Å². The molecule has 0 saturated carbocycles. The van der Waals surface area contributed by atoms with Crippen molar-refractivity contribution in [1.29, 1.82) is 0 Å². The first-order valence-electron chi connectivity index (χ1n) is 2.83. The molecule has 3 nitrogen and oxygen atoms in total. The number of aromatic nitrogens is 2. The van der Waals surface area contributed by atoms with Crippen molar-refractivity contribution in [3.05, 3.63) is 21.7 Å². The Balaban J connectivity index is 2.91. The first kappa shape index (κ1) is 7.24. The van der Waals surface area contributed by atoms with Crippen LogP contribution in [0.4, 0.5) is 0 Å². The maximum absolute atomic E-state index is 5.11. The molecule has 56 valence electrons. The highest BCUT2D eigenvalue weighted by atomic mass is 79.9. The van der Waals surface area contributed by atoms with Gasteiger partial charge in [-0.05, 0) is 31.9 Å². The van der Waals surface area contributed by atoms with E-state index in [1.807, 2.05) is 0 Å². The Morgan fingerprint density at radius 3 is 2.91 bits per heavy atom. The van der Waals surface area contributed by atoms with Crippen molar-refractivity contribution >= 4 is 43.0 Å². The van der Waals surface area contributed by atoms with Crippen LogP contribution in [-0.4, -0.2) is 9.97 Å². The number of rotatable bonds is 0. The Hall–Kier alpha value is -0.420. The number of nitrogens with zero attached hydrogens (tertiary/aromatic N) is 2. The molecule has 0 unspecified atom stereocenters. The number of furan rings is 1. The molecule has 0 atom stereocenters. The van der Waals surface area contributed by atoms with E-state index in [4.69, 9.17) is 4.42 Å². The number of hydrogen-bond acceptors (Lipinski definition) is 3. The molecule has 0 N–H and O–H groups in total. The first-order chi connectivity index (χ1) is 5.27. The van der Waals surface area contributed by atoms with Crippen molar-refractivity contribution in [3.8, 4) is 0 Å². The Morgan fingerprint density at radius 1 is 1.27 bits per heavy atom. The third-order valence-electron chi connectivity index (χ3n) is 1.23. The van der Waals surface area contributed by atoms with E-state index in [-0.39, 0.29) is 0 Å². The van der Waals surface area contributed by atoms with Crippen molar-refractivity contribution in [3.63, 3.8) is 0 Å². The van der Waals surface area contributed by atoms with Gasteiger partial charge in [0.05, 0.1) is 6.26 Å². The van der Waals surface area contributed by atoms with Crippen LogP contribution in [0.15, 0.2) is 26.1 Å². The quantitative estimate of drug-likeness (QED) is 0.549. The summed E-state index contributed by atoms with van der Waals surface area (Å²) in [6.45, 7) is 0. The van der Waals surface area contributed by atoms with E-state index >= 15 is 0 Å². The van der Waals surface area contributed by atoms with Gasteiger partial charge in [0, 0.05) is 6.07 Å². The summed E-state index contributed by atoms with van der Waals surface area (Å²) in [6, 6.07) is 1.78. The minimum Gasteiger partial charge on any atom is -0.460 e. The van der Waals surface area contributed by atoms with E-state index in [1.54, 1.807) is 12.3 Å². The second-order valence-corrected chi connectivity index (χ2v) is 3.38. The number of fused-ring (bicyclic) bond motifs is 1. The molecule has 2 aromatic rings. The molecule has 0 radical (unpaired) electrons. The molecule has 0 saturated heterocycles. The summed E-state index contributed by atoms with van der Waals surface area (Å²) in [5.41, 5.74) is 1.46. The Bertz CT molecular complexity index is 398. The zero-order valence-electron chi connectivity index (χ0n) is 5.21. The number of halogens is 2. The van der Waals surface area contributed by atoms with Crippen LogP contribution in [0.1, 0.15) is 0 Å². The molecule has 0 fully saturated rings. The zero-order chi connectivity index (χ0) is 7.84. The standard InChI is InChI=1S/C6H2Br2N2O/c7-5-4-3(1-2-11-4)9-6(8)10-5/h1-2H. The Labute approximate surface area is 79.1 Å². The first-order valence-corrected chi connectivity index (χ1v) is 4.42. The van der Waals surface area contributed by atoms with Gasteiger partial charge in [-0.3, -0.25) is 0 Å². The normalized spacial score (nSPS) is 10.7. The maximum Gasteiger partial charge on any atom is 0.198 e. The summed E-state index contributed by atoms with van der Waals surface area (Å²) in [6.07, 6.45) is 1.58. The summed E-state index contributed by atoms with van der Waals surface area (Å²) in [4.78, 5) is 8.08. The van der Waals surface area contributed by atoms with Gasteiger partial charge in [0.15, 0.2) is 14.9 Å². The second kappa shape index (κ2) is 2.57. The van der Waals surface area contributed by atoms with Crippen LogP contribution in [0.2, 0.25) is 0 Å². The van der Waals surface area contributed by atoms with Crippen LogP contribution < -0.4 is 0 Å². The molecule has 0 aliphatic carbocycles. The van der Waals surface area contributed by atoms with Gasteiger partial charge in [-0.25, -0.2) is 9.97 Å². The van der Waals surface area contributed by atoms with Crippen LogP contribution in [0.25, 0.3) is 11.1 Å². The van der Waals surface area contributed by atoms with Gasteiger partial charge >= 0.3 is 0 Å². The average molecular weight is 278 g/mol. The SMILES string of the molecule is Brc1nc(Br)c2occc2n1. The lowest BCUT2D eigenvalue weighted by molar-refractivity contribution is 0.611. The molecule has 2 heterocycles. The summed E-state index contributed by atoms with van der Waals surface area (Å²) in [5, 5.41) is 0.